The molecule has 0 saturated heterocycles. The van der Waals surface area contributed by atoms with E-state index in [-0.39, 0.29) is 12.5 Å². The predicted molar refractivity (Wildman–Crippen MR) is 132 cm³/mol. The number of fused-ring (bicyclic) bond motifs is 1. The lowest BCUT2D eigenvalue weighted by Gasteiger charge is -2.11. The van der Waals surface area contributed by atoms with E-state index in [1.54, 1.807) is 43.3 Å². The second kappa shape index (κ2) is 9.24. The first kappa shape index (κ1) is 22.2. The van der Waals surface area contributed by atoms with Gasteiger partial charge in [-0.25, -0.2) is 4.98 Å². The summed E-state index contributed by atoms with van der Waals surface area (Å²) in [7, 11) is 0. The first-order chi connectivity index (χ1) is 14.8. The van der Waals surface area contributed by atoms with E-state index < -0.39 is 0 Å². The summed E-state index contributed by atoms with van der Waals surface area (Å²) in [4.78, 5) is 16.9. The van der Waals surface area contributed by atoms with Crippen LogP contribution in [0.5, 0.6) is 5.75 Å². The highest BCUT2D eigenvalue weighted by Crippen LogP contribution is 2.33. The molecule has 0 unspecified atom stereocenters. The predicted octanol–water partition coefficient (Wildman–Crippen LogP) is 7.39. The van der Waals surface area contributed by atoms with Crippen LogP contribution in [0.3, 0.4) is 0 Å². The van der Waals surface area contributed by atoms with E-state index in [1.165, 1.54) is 0 Å². The minimum atomic E-state index is -0.339. The summed E-state index contributed by atoms with van der Waals surface area (Å²) >= 11 is 20.6. The Balaban J connectivity index is 1.49. The molecule has 0 aliphatic rings. The number of hydrogen-bond acceptors (Lipinski definition) is 4. The van der Waals surface area contributed by atoms with E-state index >= 15 is 0 Å². The number of ether oxygens (including phenoxy) is 1. The number of hydrogen-bond donors (Lipinski definition) is 1. The highest BCUT2D eigenvalue weighted by Gasteiger charge is 2.14. The van der Waals surface area contributed by atoms with E-state index in [9.17, 15) is 4.79 Å². The Morgan fingerprint density at radius 1 is 1.10 bits per heavy atom. The van der Waals surface area contributed by atoms with Gasteiger partial charge in [0.05, 0.1) is 15.6 Å². The van der Waals surface area contributed by atoms with Gasteiger partial charge in [-0.3, -0.25) is 4.79 Å². The quantitative estimate of drug-likeness (QED) is 0.248. The van der Waals surface area contributed by atoms with Gasteiger partial charge >= 0.3 is 0 Å². The van der Waals surface area contributed by atoms with Gasteiger partial charge in [-0.2, -0.15) is 0 Å². The molecule has 9 heteroatoms. The summed E-state index contributed by atoms with van der Waals surface area (Å²) in [5.41, 5.74) is 3.20. The van der Waals surface area contributed by atoms with Crippen molar-refractivity contribution in [3.63, 3.8) is 0 Å². The molecule has 1 heterocycles. The number of amides is 1. The third-order valence-electron chi connectivity index (χ3n) is 4.37. The maximum Gasteiger partial charge on any atom is 0.262 e. The normalized spacial score (nSPS) is 11.0. The SMILES string of the molecule is Cc1cc(Cl)cc(Cl)c1OCC(=O)Nc1ccc2oc(-c3cc(I)ccc3Cl)nc2c1. The number of aryl methyl sites for hydroxylation is 1. The van der Waals surface area contributed by atoms with Crippen LogP contribution >= 0.6 is 57.4 Å². The zero-order valence-corrected chi connectivity index (χ0v) is 20.4. The first-order valence-corrected chi connectivity index (χ1v) is 11.3. The average Bonchev–Trinajstić information content (AvgIpc) is 3.12. The van der Waals surface area contributed by atoms with Gasteiger partial charge in [-0.05, 0) is 83.6 Å². The smallest absolute Gasteiger partial charge is 0.262 e. The zero-order valence-electron chi connectivity index (χ0n) is 16.0. The maximum atomic E-state index is 12.4. The fourth-order valence-electron chi connectivity index (χ4n) is 2.99. The Labute approximate surface area is 206 Å². The molecule has 3 aromatic carbocycles. The lowest BCUT2D eigenvalue weighted by molar-refractivity contribution is -0.118. The Bertz CT molecular complexity index is 1280. The second-order valence-corrected chi connectivity index (χ2v) is 9.19. The van der Waals surface area contributed by atoms with Crippen LogP contribution in [0, 0.1) is 10.5 Å². The number of nitrogens with zero attached hydrogens (tertiary/aromatic N) is 1. The number of carbonyl (C=O) groups is 1. The van der Waals surface area contributed by atoms with Crippen LogP contribution in [-0.4, -0.2) is 17.5 Å². The highest BCUT2D eigenvalue weighted by atomic mass is 127. The van der Waals surface area contributed by atoms with E-state index in [1.807, 2.05) is 12.1 Å². The van der Waals surface area contributed by atoms with Crippen molar-refractivity contribution < 1.29 is 13.9 Å². The Morgan fingerprint density at radius 2 is 1.90 bits per heavy atom. The van der Waals surface area contributed by atoms with Crippen LogP contribution in [0.15, 0.2) is 52.9 Å². The van der Waals surface area contributed by atoms with Crippen molar-refractivity contribution in [2.75, 3.05) is 11.9 Å². The summed E-state index contributed by atoms with van der Waals surface area (Å²) in [5.74, 6) is 0.500. The van der Waals surface area contributed by atoms with Crippen molar-refractivity contribution in [2.45, 2.75) is 6.92 Å². The number of aromatic nitrogens is 1. The van der Waals surface area contributed by atoms with Crippen molar-refractivity contribution >= 4 is 80.1 Å². The van der Waals surface area contributed by atoms with Crippen molar-refractivity contribution in [2.24, 2.45) is 0 Å². The number of halogens is 4. The third kappa shape index (κ3) is 5.09. The van der Waals surface area contributed by atoms with Crippen molar-refractivity contribution in [1.82, 2.24) is 4.98 Å². The van der Waals surface area contributed by atoms with E-state index in [0.717, 1.165) is 9.13 Å². The summed E-state index contributed by atoms with van der Waals surface area (Å²) in [6.45, 7) is 1.60. The fourth-order valence-corrected chi connectivity index (χ4v) is 4.33. The summed E-state index contributed by atoms with van der Waals surface area (Å²) in [6, 6.07) is 14.1. The monoisotopic (exact) mass is 586 g/mol. The molecular weight excluding hydrogens is 574 g/mol. The molecule has 4 aromatic rings. The van der Waals surface area contributed by atoms with Gasteiger partial charge in [0.25, 0.3) is 5.91 Å². The summed E-state index contributed by atoms with van der Waals surface area (Å²) in [6.07, 6.45) is 0. The molecule has 1 N–H and O–H groups in total. The van der Waals surface area contributed by atoms with Crippen LogP contribution in [0.2, 0.25) is 15.1 Å². The topological polar surface area (TPSA) is 64.4 Å². The second-order valence-electron chi connectivity index (χ2n) is 6.70. The number of nitrogens with one attached hydrogen (secondary N) is 1. The molecule has 0 atom stereocenters. The minimum absolute atomic E-state index is 0.206. The molecule has 5 nitrogen and oxygen atoms in total. The van der Waals surface area contributed by atoms with Crippen molar-refractivity contribution in [3.05, 3.63) is 72.7 Å². The van der Waals surface area contributed by atoms with Gasteiger partial charge in [0, 0.05) is 14.3 Å². The van der Waals surface area contributed by atoms with Gasteiger partial charge in [0.1, 0.15) is 11.3 Å². The lowest BCUT2D eigenvalue weighted by atomic mass is 10.2. The number of benzene rings is 3. The number of oxazole rings is 1. The van der Waals surface area contributed by atoms with Gasteiger partial charge in [0.15, 0.2) is 12.2 Å². The minimum Gasteiger partial charge on any atom is -0.482 e. The number of anilines is 1. The zero-order chi connectivity index (χ0) is 22.1. The third-order valence-corrected chi connectivity index (χ3v) is 5.87. The summed E-state index contributed by atoms with van der Waals surface area (Å²) in [5, 5.41) is 4.19. The van der Waals surface area contributed by atoms with Crippen molar-refractivity contribution in [1.29, 1.82) is 0 Å². The molecule has 158 valence electrons. The van der Waals surface area contributed by atoms with Crippen LogP contribution in [0.1, 0.15) is 5.56 Å². The van der Waals surface area contributed by atoms with Gasteiger partial charge in [0.2, 0.25) is 5.89 Å². The van der Waals surface area contributed by atoms with Crippen LogP contribution < -0.4 is 10.1 Å². The Kier molecular flexibility index (Phi) is 6.62. The highest BCUT2D eigenvalue weighted by molar-refractivity contribution is 14.1. The van der Waals surface area contributed by atoms with E-state index in [4.69, 9.17) is 44.0 Å². The molecule has 1 amide bonds. The molecule has 0 fully saturated rings. The molecule has 0 bridgehead atoms. The van der Waals surface area contributed by atoms with E-state index in [2.05, 4.69) is 32.9 Å². The molecule has 0 aliphatic heterocycles. The molecule has 4 rings (SSSR count). The molecule has 1 aromatic heterocycles. The molecule has 0 aliphatic carbocycles. The standard InChI is InChI=1S/C22H14Cl3IN2O3/c1-11-6-12(23)7-17(25)21(11)30-10-20(29)27-14-3-5-19-18(9-14)28-22(31-19)15-8-13(26)2-4-16(15)24/h2-9H,10H2,1H3,(H,27,29). The van der Waals surface area contributed by atoms with Gasteiger partial charge in [-0.15, -0.1) is 0 Å². The van der Waals surface area contributed by atoms with Crippen molar-refractivity contribution in [3.8, 4) is 17.2 Å². The largest absolute Gasteiger partial charge is 0.482 e. The van der Waals surface area contributed by atoms with Crippen LogP contribution in [0.4, 0.5) is 5.69 Å². The molecule has 0 radical (unpaired) electrons. The Morgan fingerprint density at radius 3 is 2.68 bits per heavy atom. The molecule has 31 heavy (non-hydrogen) atoms. The average molecular weight is 588 g/mol. The molecular formula is C22H14Cl3IN2O3. The number of carbonyl (C=O) groups excluding carboxylic acids is 1. The molecule has 0 spiro atoms. The maximum absolute atomic E-state index is 12.4. The van der Waals surface area contributed by atoms with Crippen LogP contribution in [0.25, 0.3) is 22.6 Å². The van der Waals surface area contributed by atoms with Gasteiger partial charge < -0.3 is 14.5 Å². The van der Waals surface area contributed by atoms with E-state index in [0.29, 0.717) is 49.1 Å². The molecule has 0 saturated carbocycles. The van der Waals surface area contributed by atoms with Crippen LogP contribution in [-0.2, 0) is 4.79 Å². The lowest BCUT2D eigenvalue weighted by Crippen LogP contribution is -2.20. The Hall–Kier alpha value is -2.00. The fraction of sp³-hybridized carbons (Fsp3) is 0.0909. The van der Waals surface area contributed by atoms with Gasteiger partial charge in [-0.1, -0.05) is 34.8 Å². The first-order valence-electron chi connectivity index (χ1n) is 9.04. The number of rotatable bonds is 5. The summed E-state index contributed by atoms with van der Waals surface area (Å²) < 4.78 is 12.4.